The summed E-state index contributed by atoms with van der Waals surface area (Å²) in [7, 11) is 0. The summed E-state index contributed by atoms with van der Waals surface area (Å²) in [4.78, 5) is 27.8. The van der Waals surface area contributed by atoms with Gasteiger partial charge >= 0.3 is 0 Å². The van der Waals surface area contributed by atoms with Gasteiger partial charge in [0.05, 0.1) is 12.1 Å². The van der Waals surface area contributed by atoms with Crippen molar-refractivity contribution in [2.45, 2.75) is 20.3 Å². The van der Waals surface area contributed by atoms with Gasteiger partial charge in [-0.15, -0.1) is 11.3 Å². The molecule has 1 heterocycles. The molecular weight excluding hydrogens is 346 g/mol. The van der Waals surface area contributed by atoms with Gasteiger partial charge in [-0.1, -0.05) is 24.3 Å². The number of carbonyl (C=O) groups is 2. The molecule has 1 aromatic heterocycles. The summed E-state index contributed by atoms with van der Waals surface area (Å²) < 4.78 is 0. The van der Waals surface area contributed by atoms with Crippen LogP contribution in [0.25, 0.3) is 11.3 Å². The van der Waals surface area contributed by atoms with E-state index in [0.717, 1.165) is 33.2 Å². The van der Waals surface area contributed by atoms with Gasteiger partial charge in [0.25, 0.3) is 0 Å². The SMILES string of the molecule is CC(=O)Nc1ccc(-c2csc(CC(=O)Nc3cccc(C)c3)n2)cc1. The fourth-order valence-electron chi connectivity index (χ4n) is 2.52. The van der Waals surface area contributed by atoms with Crippen molar-refractivity contribution in [3.8, 4) is 11.3 Å². The molecule has 0 saturated carbocycles. The zero-order valence-electron chi connectivity index (χ0n) is 14.6. The zero-order valence-corrected chi connectivity index (χ0v) is 15.4. The third-order valence-corrected chi connectivity index (χ3v) is 4.52. The Labute approximate surface area is 156 Å². The molecule has 0 aliphatic heterocycles. The molecule has 0 atom stereocenters. The molecule has 26 heavy (non-hydrogen) atoms. The van der Waals surface area contributed by atoms with Gasteiger partial charge in [0.15, 0.2) is 0 Å². The second kappa shape index (κ2) is 7.93. The minimum Gasteiger partial charge on any atom is -0.326 e. The molecule has 0 radical (unpaired) electrons. The Hall–Kier alpha value is -2.99. The summed E-state index contributed by atoms with van der Waals surface area (Å²) in [5, 5.41) is 8.32. The molecule has 3 aromatic rings. The second-order valence-corrected chi connectivity index (χ2v) is 6.92. The lowest BCUT2D eigenvalue weighted by molar-refractivity contribution is -0.116. The predicted molar refractivity (Wildman–Crippen MR) is 105 cm³/mol. The van der Waals surface area contributed by atoms with Crippen LogP contribution >= 0.6 is 11.3 Å². The highest BCUT2D eigenvalue weighted by Crippen LogP contribution is 2.24. The molecule has 0 aliphatic rings. The molecule has 0 fully saturated rings. The van der Waals surface area contributed by atoms with Crippen LogP contribution in [0.15, 0.2) is 53.9 Å². The summed E-state index contributed by atoms with van der Waals surface area (Å²) in [6, 6.07) is 15.2. The number of carbonyl (C=O) groups excluding carboxylic acids is 2. The molecule has 0 saturated heterocycles. The number of hydrogen-bond donors (Lipinski definition) is 2. The van der Waals surface area contributed by atoms with Crippen molar-refractivity contribution < 1.29 is 9.59 Å². The quantitative estimate of drug-likeness (QED) is 0.710. The number of aryl methyl sites for hydroxylation is 1. The molecular formula is C20H19N3O2S. The molecule has 3 rings (SSSR count). The van der Waals surface area contributed by atoms with Gasteiger partial charge in [-0.3, -0.25) is 9.59 Å². The van der Waals surface area contributed by atoms with E-state index in [-0.39, 0.29) is 18.2 Å². The lowest BCUT2D eigenvalue weighted by Gasteiger charge is -2.04. The minimum absolute atomic E-state index is 0.0856. The highest BCUT2D eigenvalue weighted by molar-refractivity contribution is 7.10. The van der Waals surface area contributed by atoms with Crippen LogP contribution in [0.5, 0.6) is 0 Å². The normalized spacial score (nSPS) is 10.4. The Bertz CT molecular complexity index is 932. The molecule has 0 bridgehead atoms. The van der Waals surface area contributed by atoms with E-state index >= 15 is 0 Å². The van der Waals surface area contributed by atoms with E-state index in [1.807, 2.05) is 60.8 Å². The first-order chi connectivity index (χ1) is 12.5. The van der Waals surface area contributed by atoms with Crippen LogP contribution in [0.4, 0.5) is 11.4 Å². The summed E-state index contributed by atoms with van der Waals surface area (Å²) in [5.41, 5.74) is 4.40. The number of anilines is 2. The van der Waals surface area contributed by atoms with Crippen molar-refractivity contribution in [3.05, 3.63) is 64.5 Å². The molecule has 2 amide bonds. The lowest BCUT2D eigenvalue weighted by atomic mass is 10.1. The Kier molecular flexibility index (Phi) is 5.43. The maximum atomic E-state index is 12.2. The number of rotatable bonds is 5. The molecule has 5 nitrogen and oxygen atoms in total. The number of nitrogens with zero attached hydrogens (tertiary/aromatic N) is 1. The highest BCUT2D eigenvalue weighted by Gasteiger charge is 2.10. The molecule has 132 valence electrons. The monoisotopic (exact) mass is 365 g/mol. The van der Waals surface area contributed by atoms with Crippen molar-refractivity contribution in [2.75, 3.05) is 10.6 Å². The average Bonchev–Trinajstić information content (AvgIpc) is 3.03. The van der Waals surface area contributed by atoms with E-state index in [0.29, 0.717) is 0 Å². The van der Waals surface area contributed by atoms with Crippen LogP contribution in [-0.4, -0.2) is 16.8 Å². The molecule has 6 heteroatoms. The van der Waals surface area contributed by atoms with Gasteiger partial charge in [0.1, 0.15) is 5.01 Å². The minimum atomic E-state index is -0.103. The largest absolute Gasteiger partial charge is 0.326 e. The van der Waals surface area contributed by atoms with Crippen molar-refractivity contribution in [3.63, 3.8) is 0 Å². The number of benzene rings is 2. The zero-order chi connectivity index (χ0) is 18.5. The summed E-state index contributed by atoms with van der Waals surface area (Å²) >= 11 is 1.46. The number of thiazole rings is 1. The first-order valence-corrected chi connectivity index (χ1v) is 9.06. The summed E-state index contributed by atoms with van der Waals surface area (Å²) in [6.45, 7) is 3.46. The Morgan fingerprint density at radius 2 is 1.81 bits per heavy atom. The Morgan fingerprint density at radius 1 is 1.04 bits per heavy atom. The van der Waals surface area contributed by atoms with Gasteiger partial charge < -0.3 is 10.6 Å². The van der Waals surface area contributed by atoms with Crippen LogP contribution in [-0.2, 0) is 16.0 Å². The number of amides is 2. The van der Waals surface area contributed by atoms with E-state index in [1.165, 1.54) is 18.3 Å². The number of hydrogen-bond acceptors (Lipinski definition) is 4. The molecule has 0 unspecified atom stereocenters. The van der Waals surface area contributed by atoms with Crippen molar-refractivity contribution in [2.24, 2.45) is 0 Å². The fraction of sp³-hybridized carbons (Fsp3) is 0.150. The third-order valence-electron chi connectivity index (χ3n) is 3.67. The Balaban J connectivity index is 1.64. The average molecular weight is 365 g/mol. The second-order valence-electron chi connectivity index (χ2n) is 5.98. The molecule has 0 spiro atoms. The Morgan fingerprint density at radius 3 is 2.50 bits per heavy atom. The van der Waals surface area contributed by atoms with Crippen LogP contribution in [0, 0.1) is 6.92 Å². The topological polar surface area (TPSA) is 71.1 Å². The molecule has 2 aromatic carbocycles. The molecule has 0 aliphatic carbocycles. The first kappa shape index (κ1) is 17.8. The standard InChI is InChI=1S/C20H19N3O2S/c1-13-4-3-5-17(10-13)22-19(25)11-20-23-18(12-26-20)15-6-8-16(9-7-15)21-14(2)24/h3-10,12H,11H2,1-2H3,(H,21,24)(H,22,25). The summed E-state index contributed by atoms with van der Waals surface area (Å²) in [5.74, 6) is -0.189. The summed E-state index contributed by atoms with van der Waals surface area (Å²) in [6.07, 6.45) is 0.239. The van der Waals surface area contributed by atoms with E-state index < -0.39 is 0 Å². The van der Waals surface area contributed by atoms with Gasteiger partial charge in [0.2, 0.25) is 11.8 Å². The lowest BCUT2D eigenvalue weighted by Crippen LogP contribution is -2.14. The van der Waals surface area contributed by atoms with E-state index in [9.17, 15) is 9.59 Å². The van der Waals surface area contributed by atoms with Gasteiger partial charge in [-0.25, -0.2) is 4.98 Å². The van der Waals surface area contributed by atoms with Crippen molar-refractivity contribution in [1.29, 1.82) is 0 Å². The van der Waals surface area contributed by atoms with Gasteiger partial charge in [-0.2, -0.15) is 0 Å². The molecule has 2 N–H and O–H groups in total. The number of aromatic nitrogens is 1. The maximum Gasteiger partial charge on any atom is 0.231 e. The van der Waals surface area contributed by atoms with Crippen LogP contribution in [0.1, 0.15) is 17.5 Å². The van der Waals surface area contributed by atoms with Crippen molar-refractivity contribution >= 4 is 34.5 Å². The van der Waals surface area contributed by atoms with Crippen LogP contribution in [0.2, 0.25) is 0 Å². The third kappa shape index (κ3) is 4.77. The van der Waals surface area contributed by atoms with E-state index in [1.54, 1.807) is 0 Å². The van der Waals surface area contributed by atoms with Gasteiger partial charge in [0, 0.05) is 29.2 Å². The van der Waals surface area contributed by atoms with E-state index in [4.69, 9.17) is 0 Å². The van der Waals surface area contributed by atoms with Crippen LogP contribution < -0.4 is 10.6 Å². The van der Waals surface area contributed by atoms with Gasteiger partial charge in [-0.05, 0) is 36.8 Å². The van der Waals surface area contributed by atoms with E-state index in [2.05, 4.69) is 15.6 Å². The van der Waals surface area contributed by atoms with Crippen LogP contribution in [0.3, 0.4) is 0 Å². The smallest absolute Gasteiger partial charge is 0.231 e. The highest BCUT2D eigenvalue weighted by atomic mass is 32.1. The first-order valence-electron chi connectivity index (χ1n) is 8.18. The fourth-order valence-corrected chi connectivity index (χ4v) is 3.32. The number of nitrogens with one attached hydrogen (secondary N) is 2. The predicted octanol–water partition coefficient (Wildman–Crippen LogP) is 4.26. The van der Waals surface area contributed by atoms with Crippen molar-refractivity contribution in [1.82, 2.24) is 4.98 Å². The maximum absolute atomic E-state index is 12.2.